The Labute approximate surface area is 155 Å². The lowest BCUT2D eigenvalue weighted by Gasteiger charge is -2.13. The number of rotatable bonds is 5. The molecule has 116 valence electrons. The number of thiocarbonyl (C=S) groups is 1. The van der Waals surface area contributed by atoms with Gasteiger partial charge in [0, 0.05) is 28.3 Å². The van der Waals surface area contributed by atoms with E-state index in [9.17, 15) is 9.59 Å². The van der Waals surface area contributed by atoms with Gasteiger partial charge in [-0.25, -0.2) is 4.98 Å². The van der Waals surface area contributed by atoms with Gasteiger partial charge >= 0.3 is 5.97 Å². The quantitative estimate of drug-likeness (QED) is 0.309. The van der Waals surface area contributed by atoms with Gasteiger partial charge in [0.1, 0.15) is 9.47 Å². The summed E-state index contributed by atoms with van der Waals surface area (Å²) < 4.78 is 1.31. The second-order valence-electron chi connectivity index (χ2n) is 4.33. The van der Waals surface area contributed by atoms with Crippen LogP contribution in [0.15, 0.2) is 17.2 Å². The molecule has 9 heteroatoms. The molecule has 1 aliphatic heterocycles. The minimum Gasteiger partial charge on any atom is -0.481 e. The second-order valence-corrected chi connectivity index (χ2v) is 7.52. The molecule has 1 aromatic rings. The molecular weight excluding hydrogens is 459 g/mol. The number of hydrogen-bond donors (Lipinski definition) is 1. The van der Waals surface area contributed by atoms with Crippen LogP contribution in [0.2, 0.25) is 5.15 Å². The molecule has 0 aromatic carbocycles. The van der Waals surface area contributed by atoms with E-state index in [-0.39, 0.29) is 12.3 Å². The Hall–Kier alpha value is -0.710. The lowest BCUT2D eigenvalue weighted by Crippen LogP contribution is -2.29. The van der Waals surface area contributed by atoms with Crippen LogP contribution in [-0.4, -0.2) is 37.7 Å². The van der Waals surface area contributed by atoms with Crippen LogP contribution < -0.4 is 0 Å². The third kappa shape index (κ3) is 4.18. The van der Waals surface area contributed by atoms with Crippen molar-refractivity contribution in [2.75, 3.05) is 6.54 Å². The Balaban J connectivity index is 2.17. The third-order valence-corrected chi connectivity index (χ3v) is 5.43. The van der Waals surface area contributed by atoms with E-state index in [1.807, 2.05) is 0 Å². The average Bonchev–Trinajstić information content (AvgIpc) is 2.70. The number of carboxylic acids is 1. The van der Waals surface area contributed by atoms with E-state index < -0.39 is 5.97 Å². The maximum Gasteiger partial charge on any atom is 0.303 e. The Morgan fingerprint density at radius 2 is 2.32 bits per heavy atom. The maximum absolute atomic E-state index is 12.4. The minimum atomic E-state index is -0.891. The number of halogens is 2. The van der Waals surface area contributed by atoms with E-state index in [1.165, 1.54) is 16.7 Å². The fourth-order valence-corrected chi connectivity index (χ4v) is 4.00. The van der Waals surface area contributed by atoms with Crippen LogP contribution in [0.25, 0.3) is 6.08 Å². The number of carbonyl (C=O) groups excluding carboxylic acids is 1. The van der Waals surface area contributed by atoms with Crippen molar-refractivity contribution in [3.05, 3.63) is 31.5 Å². The number of amides is 1. The second kappa shape index (κ2) is 7.71. The molecule has 1 N–H and O–H groups in total. The minimum absolute atomic E-state index is 0.00242. The number of aromatic nitrogens is 1. The molecule has 0 unspecified atom stereocenters. The van der Waals surface area contributed by atoms with Crippen molar-refractivity contribution in [2.45, 2.75) is 12.8 Å². The van der Waals surface area contributed by atoms with Crippen LogP contribution in [0.4, 0.5) is 0 Å². The van der Waals surface area contributed by atoms with Gasteiger partial charge in [0.25, 0.3) is 5.91 Å². The highest BCUT2D eigenvalue weighted by Crippen LogP contribution is 2.34. The molecule has 0 bridgehead atoms. The van der Waals surface area contributed by atoms with Crippen molar-refractivity contribution in [1.29, 1.82) is 0 Å². The predicted molar refractivity (Wildman–Crippen MR) is 98.7 cm³/mol. The summed E-state index contributed by atoms with van der Waals surface area (Å²) in [5.41, 5.74) is 0.677. The van der Waals surface area contributed by atoms with Gasteiger partial charge in [-0.15, -0.1) is 0 Å². The summed E-state index contributed by atoms with van der Waals surface area (Å²) in [6, 6.07) is 1.80. The van der Waals surface area contributed by atoms with Crippen LogP contribution >= 0.6 is 58.2 Å². The van der Waals surface area contributed by atoms with Gasteiger partial charge in [0.05, 0.1) is 4.91 Å². The third-order valence-electron chi connectivity index (χ3n) is 2.81. The van der Waals surface area contributed by atoms with Gasteiger partial charge in [0.15, 0.2) is 0 Å². The van der Waals surface area contributed by atoms with Crippen molar-refractivity contribution in [1.82, 2.24) is 9.88 Å². The number of aliphatic carboxylic acids is 1. The summed E-state index contributed by atoms with van der Waals surface area (Å²) in [4.78, 5) is 28.8. The SMILES string of the molecule is O=C(O)CCCN1C(=O)C(=Cc2c(I)ccnc2Cl)SC1=S. The predicted octanol–water partition coefficient (Wildman–Crippen LogP) is 3.41. The van der Waals surface area contributed by atoms with Gasteiger partial charge in [-0.1, -0.05) is 35.6 Å². The molecular formula is C13H10ClIN2O3S2. The Kier molecular flexibility index (Phi) is 6.18. The molecule has 5 nitrogen and oxygen atoms in total. The van der Waals surface area contributed by atoms with Crippen LogP contribution in [-0.2, 0) is 9.59 Å². The molecule has 2 rings (SSSR count). The van der Waals surface area contributed by atoms with Gasteiger partial charge in [-0.05, 0) is 41.2 Å². The monoisotopic (exact) mass is 468 g/mol. The van der Waals surface area contributed by atoms with E-state index in [4.69, 9.17) is 28.9 Å². The highest BCUT2D eigenvalue weighted by Gasteiger charge is 2.32. The summed E-state index contributed by atoms with van der Waals surface area (Å²) >= 11 is 14.5. The number of pyridine rings is 1. The molecule has 1 aromatic heterocycles. The van der Waals surface area contributed by atoms with Crippen LogP contribution in [0.3, 0.4) is 0 Å². The summed E-state index contributed by atoms with van der Waals surface area (Å²) in [6.07, 6.45) is 3.63. The fourth-order valence-electron chi connectivity index (χ4n) is 1.77. The summed E-state index contributed by atoms with van der Waals surface area (Å²) in [7, 11) is 0. The summed E-state index contributed by atoms with van der Waals surface area (Å²) in [5.74, 6) is -1.12. The zero-order valence-corrected chi connectivity index (χ0v) is 15.6. The largest absolute Gasteiger partial charge is 0.481 e. The molecule has 1 saturated heterocycles. The number of thioether (sulfide) groups is 1. The van der Waals surface area contributed by atoms with E-state index in [2.05, 4.69) is 27.6 Å². The molecule has 2 heterocycles. The molecule has 0 radical (unpaired) electrons. The zero-order valence-electron chi connectivity index (χ0n) is 11.1. The first-order chi connectivity index (χ1) is 10.4. The topological polar surface area (TPSA) is 70.5 Å². The number of nitrogens with zero attached hydrogens (tertiary/aromatic N) is 2. The first-order valence-corrected chi connectivity index (χ1v) is 8.85. The molecule has 0 aliphatic carbocycles. The van der Waals surface area contributed by atoms with Gasteiger partial charge in [0.2, 0.25) is 0 Å². The highest BCUT2D eigenvalue weighted by molar-refractivity contribution is 14.1. The molecule has 0 saturated carbocycles. The van der Waals surface area contributed by atoms with Gasteiger partial charge < -0.3 is 5.11 Å². The average molecular weight is 469 g/mol. The molecule has 1 aliphatic rings. The lowest BCUT2D eigenvalue weighted by atomic mass is 10.2. The van der Waals surface area contributed by atoms with E-state index in [0.29, 0.717) is 32.9 Å². The van der Waals surface area contributed by atoms with Crippen molar-refractivity contribution >= 4 is 80.4 Å². The van der Waals surface area contributed by atoms with Crippen LogP contribution in [0.1, 0.15) is 18.4 Å². The molecule has 22 heavy (non-hydrogen) atoms. The van der Waals surface area contributed by atoms with Crippen molar-refractivity contribution in [3.63, 3.8) is 0 Å². The first-order valence-electron chi connectivity index (χ1n) is 6.17. The fraction of sp³-hybridized carbons (Fsp3) is 0.231. The summed E-state index contributed by atoms with van der Waals surface area (Å²) in [5, 5.41) is 8.97. The zero-order chi connectivity index (χ0) is 16.3. The maximum atomic E-state index is 12.4. The Morgan fingerprint density at radius 3 is 2.95 bits per heavy atom. The van der Waals surface area contributed by atoms with E-state index in [0.717, 1.165) is 3.57 Å². The Bertz CT molecular complexity index is 661. The molecule has 1 fully saturated rings. The van der Waals surface area contributed by atoms with Crippen molar-refractivity contribution in [3.8, 4) is 0 Å². The van der Waals surface area contributed by atoms with Gasteiger partial charge in [-0.3, -0.25) is 14.5 Å². The van der Waals surface area contributed by atoms with Crippen LogP contribution in [0.5, 0.6) is 0 Å². The lowest BCUT2D eigenvalue weighted by molar-refractivity contribution is -0.137. The molecule has 0 spiro atoms. The normalized spacial score (nSPS) is 16.6. The van der Waals surface area contributed by atoms with E-state index >= 15 is 0 Å². The molecule has 0 atom stereocenters. The smallest absolute Gasteiger partial charge is 0.303 e. The van der Waals surface area contributed by atoms with E-state index in [1.54, 1.807) is 18.3 Å². The van der Waals surface area contributed by atoms with Gasteiger partial charge in [-0.2, -0.15) is 0 Å². The summed E-state index contributed by atoms with van der Waals surface area (Å²) in [6.45, 7) is 0.298. The first kappa shape index (κ1) is 17.6. The number of hydrogen-bond acceptors (Lipinski definition) is 5. The van der Waals surface area contributed by atoms with Crippen LogP contribution in [0, 0.1) is 3.57 Å². The molecule has 1 amide bonds. The standard InChI is InChI=1S/C13H10ClIN2O3S2/c14-11-7(8(15)3-4-16-11)6-9-12(20)17(13(21)22-9)5-1-2-10(18)19/h3-4,6H,1-2,5H2,(H,18,19). The Morgan fingerprint density at radius 1 is 1.59 bits per heavy atom. The van der Waals surface area contributed by atoms with Crippen molar-refractivity contribution < 1.29 is 14.7 Å². The number of carbonyl (C=O) groups is 2. The highest BCUT2D eigenvalue weighted by atomic mass is 127. The number of carboxylic acid groups (broad SMARTS) is 1. The van der Waals surface area contributed by atoms with Crippen molar-refractivity contribution in [2.24, 2.45) is 0 Å².